The molecule has 1 N–H and O–H groups in total. The third-order valence-electron chi connectivity index (χ3n) is 3.68. The second-order valence-corrected chi connectivity index (χ2v) is 5.97. The fourth-order valence-corrected chi connectivity index (χ4v) is 2.77. The van der Waals surface area contributed by atoms with Crippen molar-refractivity contribution in [2.45, 2.75) is 20.4 Å². The average molecular weight is 390 g/mol. The highest BCUT2D eigenvalue weighted by atomic mass is 35.5. The van der Waals surface area contributed by atoms with Gasteiger partial charge >= 0.3 is 0 Å². The van der Waals surface area contributed by atoms with E-state index < -0.39 is 0 Å². The number of rotatable bonds is 9. The zero-order valence-electron chi connectivity index (χ0n) is 15.8. The van der Waals surface area contributed by atoms with Crippen LogP contribution in [0.4, 0.5) is 0 Å². The van der Waals surface area contributed by atoms with Gasteiger partial charge in [-0.1, -0.05) is 29.8 Å². The molecule has 0 bridgehead atoms. The Kier molecular flexibility index (Phi) is 8.01. The summed E-state index contributed by atoms with van der Waals surface area (Å²) in [5.74, 6) is 1.57. The monoisotopic (exact) mass is 389 g/mol. The van der Waals surface area contributed by atoms with E-state index in [1.54, 1.807) is 25.3 Å². The van der Waals surface area contributed by atoms with E-state index >= 15 is 0 Å². The first-order chi connectivity index (χ1) is 13.1. The summed E-state index contributed by atoms with van der Waals surface area (Å²) in [4.78, 5) is 12.1. The number of hydrogen-bond donors (Lipinski definition) is 1. The zero-order valence-corrected chi connectivity index (χ0v) is 16.5. The van der Waals surface area contributed by atoms with Crippen molar-refractivity contribution in [2.24, 2.45) is 0 Å². The average Bonchev–Trinajstić information content (AvgIpc) is 2.67. The standard InChI is InChI=1S/C21H24ClNO4/c1-4-26-18-9-7-6-8-16(18)10-11-20(24)23-14-15-12-17(22)21(27-5-2)19(13-15)25-3/h6-13H,4-5,14H2,1-3H3,(H,23,24)/b11-10+. The lowest BCUT2D eigenvalue weighted by molar-refractivity contribution is -0.116. The van der Waals surface area contributed by atoms with E-state index in [1.165, 1.54) is 6.08 Å². The third kappa shape index (κ3) is 5.93. The fraction of sp³-hybridized carbons (Fsp3) is 0.286. The maximum absolute atomic E-state index is 12.1. The van der Waals surface area contributed by atoms with Crippen LogP contribution in [0.2, 0.25) is 5.02 Å². The van der Waals surface area contributed by atoms with Gasteiger partial charge in [0.1, 0.15) is 5.75 Å². The molecule has 2 aromatic carbocycles. The number of amides is 1. The Morgan fingerprint density at radius 3 is 2.56 bits per heavy atom. The molecule has 0 atom stereocenters. The summed E-state index contributed by atoms with van der Waals surface area (Å²) in [5.41, 5.74) is 1.66. The van der Waals surface area contributed by atoms with Gasteiger partial charge in [0.15, 0.2) is 11.5 Å². The molecule has 0 spiro atoms. The molecule has 2 aromatic rings. The van der Waals surface area contributed by atoms with Crippen molar-refractivity contribution >= 4 is 23.6 Å². The van der Waals surface area contributed by atoms with E-state index in [2.05, 4.69) is 5.32 Å². The Bertz CT molecular complexity index is 805. The van der Waals surface area contributed by atoms with Crippen molar-refractivity contribution in [1.29, 1.82) is 0 Å². The van der Waals surface area contributed by atoms with Gasteiger partial charge in [-0.05, 0) is 43.7 Å². The summed E-state index contributed by atoms with van der Waals surface area (Å²) < 4.78 is 16.4. The van der Waals surface area contributed by atoms with Crippen LogP contribution in [0.25, 0.3) is 6.08 Å². The Labute approximate surface area is 164 Å². The number of carbonyl (C=O) groups is 1. The van der Waals surface area contributed by atoms with Gasteiger partial charge in [0.05, 0.1) is 25.3 Å². The van der Waals surface area contributed by atoms with Crippen LogP contribution in [0.5, 0.6) is 17.2 Å². The van der Waals surface area contributed by atoms with E-state index in [0.717, 1.165) is 16.9 Å². The highest BCUT2D eigenvalue weighted by Crippen LogP contribution is 2.36. The van der Waals surface area contributed by atoms with E-state index in [9.17, 15) is 4.79 Å². The molecule has 6 heteroatoms. The van der Waals surface area contributed by atoms with Crippen LogP contribution in [0, 0.1) is 0 Å². The lowest BCUT2D eigenvalue weighted by Crippen LogP contribution is -2.20. The van der Waals surface area contributed by atoms with Crippen molar-refractivity contribution in [3.05, 3.63) is 58.6 Å². The first-order valence-corrected chi connectivity index (χ1v) is 9.13. The molecule has 0 aromatic heterocycles. The number of methoxy groups -OCH3 is 1. The molecule has 1 amide bonds. The van der Waals surface area contributed by atoms with E-state index in [0.29, 0.717) is 36.3 Å². The topological polar surface area (TPSA) is 56.8 Å². The van der Waals surface area contributed by atoms with Crippen LogP contribution < -0.4 is 19.5 Å². The summed E-state index contributed by atoms with van der Waals surface area (Å²) in [5, 5.41) is 3.28. The van der Waals surface area contributed by atoms with Gasteiger partial charge in [-0.25, -0.2) is 0 Å². The normalized spacial score (nSPS) is 10.7. The largest absolute Gasteiger partial charge is 0.493 e. The minimum absolute atomic E-state index is 0.217. The third-order valence-corrected chi connectivity index (χ3v) is 3.96. The van der Waals surface area contributed by atoms with Crippen LogP contribution in [0.15, 0.2) is 42.5 Å². The van der Waals surface area contributed by atoms with Crippen LogP contribution in [0.3, 0.4) is 0 Å². The van der Waals surface area contributed by atoms with Crippen LogP contribution in [-0.2, 0) is 11.3 Å². The number of nitrogens with one attached hydrogen (secondary N) is 1. The molecule has 0 saturated heterocycles. The summed E-state index contributed by atoms with van der Waals surface area (Å²) in [6, 6.07) is 11.1. The highest BCUT2D eigenvalue weighted by molar-refractivity contribution is 6.32. The number of halogens is 1. The number of benzene rings is 2. The van der Waals surface area contributed by atoms with E-state index in [1.807, 2.05) is 38.1 Å². The van der Waals surface area contributed by atoms with E-state index in [4.69, 9.17) is 25.8 Å². The summed E-state index contributed by atoms with van der Waals surface area (Å²) in [6.45, 7) is 5.17. The molecule has 2 rings (SSSR count). The van der Waals surface area contributed by atoms with Crippen LogP contribution >= 0.6 is 11.6 Å². The zero-order chi connectivity index (χ0) is 19.6. The predicted octanol–water partition coefficient (Wildman–Crippen LogP) is 4.48. The Morgan fingerprint density at radius 2 is 1.85 bits per heavy atom. The van der Waals surface area contributed by atoms with Gasteiger partial charge < -0.3 is 19.5 Å². The maximum atomic E-state index is 12.1. The fourth-order valence-electron chi connectivity index (χ4n) is 2.48. The second kappa shape index (κ2) is 10.5. The summed E-state index contributed by atoms with van der Waals surface area (Å²) in [6.07, 6.45) is 3.21. The Hall–Kier alpha value is -2.66. The molecule has 0 fully saturated rings. The molecular weight excluding hydrogens is 366 g/mol. The molecule has 0 saturated carbocycles. The molecular formula is C21H24ClNO4. The van der Waals surface area contributed by atoms with Gasteiger partial charge in [-0.15, -0.1) is 0 Å². The van der Waals surface area contributed by atoms with Crippen molar-refractivity contribution in [2.75, 3.05) is 20.3 Å². The SMILES string of the molecule is CCOc1ccccc1/C=C/C(=O)NCc1cc(Cl)c(OCC)c(OC)c1. The molecule has 27 heavy (non-hydrogen) atoms. The molecule has 0 radical (unpaired) electrons. The van der Waals surface area contributed by atoms with Crippen molar-refractivity contribution in [3.8, 4) is 17.2 Å². The number of carbonyl (C=O) groups excluding carboxylic acids is 1. The number of ether oxygens (including phenoxy) is 3. The van der Waals surface area contributed by atoms with Gasteiger partial charge in [0.2, 0.25) is 5.91 Å². The van der Waals surface area contributed by atoms with E-state index in [-0.39, 0.29) is 5.91 Å². The van der Waals surface area contributed by atoms with Gasteiger partial charge in [0.25, 0.3) is 0 Å². The smallest absolute Gasteiger partial charge is 0.244 e. The first-order valence-electron chi connectivity index (χ1n) is 8.76. The van der Waals surface area contributed by atoms with Gasteiger partial charge in [-0.3, -0.25) is 4.79 Å². The van der Waals surface area contributed by atoms with Crippen molar-refractivity contribution in [1.82, 2.24) is 5.32 Å². The highest BCUT2D eigenvalue weighted by Gasteiger charge is 2.12. The van der Waals surface area contributed by atoms with Gasteiger partial charge in [0, 0.05) is 18.2 Å². The molecule has 0 unspecified atom stereocenters. The van der Waals surface area contributed by atoms with Gasteiger partial charge in [-0.2, -0.15) is 0 Å². The summed E-state index contributed by atoms with van der Waals surface area (Å²) in [7, 11) is 1.55. The molecule has 0 aliphatic rings. The Balaban J connectivity index is 2.02. The van der Waals surface area contributed by atoms with Crippen molar-refractivity contribution < 1.29 is 19.0 Å². The predicted molar refractivity (Wildman–Crippen MR) is 108 cm³/mol. The molecule has 0 aliphatic carbocycles. The van der Waals surface area contributed by atoms with Crippen molar-refractivity contribution in [3.63, 3.8) is 0 Å². The minimum Gasteiger partial charge on any atom is -0.493 e. The molecule has 5 nitrogen and oxygen atoms in total. The quantitative estimate of drug-likeness (QED) is 0.642. The van der Waals surface area contributed by atoms with Crippen LogP contribution in [0.1, 0.15) is 25.0 Å². The minimum atomic E-state index is -0.217. The lowest BCUT2D eigenvalue weighted by Gasteiger charge is -2.13. The second-order valence-electron chi connectivity index (χ2n) is 5.56. The molecule has 144 valence electrons. The maximum Gasteiger partial charge on any atom is 0.244 e. The summed E-state index contributed by atoms with van der Waals surface area (Å²) >= 11 is 6.25. The first kappa shape index (κ1) is 20.6. The number of para-hydroxylation sites is 1. The lowest BCUT2D eigenvalue weighted by atomic mass is 10.1. The molecule has 0 heterocycles. The van der Waals surface area contributed by atoms with Crippen LogP contribution in [-0.4, -0.2) is 26.2 Å². The Morgan fingerprint density at radius 1 is 1.11 bits per heavy atom. The molecule has 0 aliphatic heterocycles. The number of hydrogen-bond acceptors (Lipinski definition) is 4.